The summed E-state index contributed by atoms with van der Waals surface area (Å²) in [5.74, 6) is -0.900. The van der Waals surface area contributed by atoms with Crippen LogP contribution in [0, 0.1) is 5.95 Å². The molecule has 4 aromatic rings. The monoisotopic (exact) mass is 582 g/mol. The summed E-state index contributed by atoms with van der Waals surface area (Å²) >= 11 is 0. The number of pyridine rings is 3. The number of fused-ring (bicyclic) bond motifs is 1. The molecule has 0 radical (unpaired) electrons. The molecule has 0 saturated heterocycles. The van der Waals surface area contributed by atoms with Gasteiger partial charge in [-0.15, -0.1) is 0 Å². The van der Waals surface area contributed by atoms with Gasteiger partial charge in [-0.1, -0.05) is 6.08 Å². The third kappa shape index (κ3) is 7.90. The van der Waals surface area contributed by atoms with E-state index >= 15 is 0 Å². The summed E-state index contributed by atoms with van der Waals surface area (Å²) in [6, 6.07) is 6.68. The van der Waals surface area contributed by atoms with Gasteiger partial charge in [0.05, 0.1) is 25.1 Å². The minimum atomic E-state index is -3.79. The van der Waals surface area contributed by atoms with Crippen LogP contribution in [0.5, 0.6) is 0 Å². The fourth-order valence-corrected chi connectivity index (χ4v) is 5.13. The molecule has 0 saturated carbocycles. The van der Waals surface area contributed by atoms with Crippen LogP contribution in [0.1, 0.15) is 13.8 Å². The second-order valence-electron chi connectivity index (χ2n) is 9.13. The highest BCUT2D eigenvalue weighted by atomic mass is 31.2. The summed E-state index contributed by atoms with van der Waals surface area (Å²) in [6.45, 7) is 4.13. The average molecular weight is 583 g/mol. The summed E-state index contributed by atoms with van der Waals surface area (Å²) in [6.07, 6.45) is 11.2. The van der Waals surface area contributed by atoms with Gasteiger partial charge in [-0.25, -0.2) is 14.5 Å². The van der Waals surface area contributed by atoms with Crippen LogP contribution in [0.4, 0.5) is 10.1 Å². The number of rotatable bonds is 13. The number of anilines is 1. The Kier molecular flexibility index (Phi) is 10.1. The molecule has 0 aliphatic carbocycles. The SMILES string of the molecule is CCOP(=O)(OCC)OCn1cc(-c2ccnc(F)c2)c2cc(-c3cncc(NC(=O)/C=C/CN(C)C)c3)cnc21. The Morgan fingerprint density at radius 1 is 1.05 bits per heavy atom. The highest BCUT2D eigenvalue weighted by Crippen LogP contribution is 2.49. The second kappa shape index (κ2) is 13.7. The number of halogens is 1. The van der Waals surface area contributed by atoms with Crippen LogP contribution in [0.2, 0.25) is 0 Å². The van der Waals surface area contributed by atoms with Crippen molar-refractivity contribution in [3.8, 4) is 22.3 Å². The molecular formula is C28H32FN6O5P. The Morgan fingerprint density at radius 3 is 2.51 bits per heavy atom. The number of phosphoric ester groups is 1. The van der Waals surface area contributed by atoms with Gasteiger partial charge in [0.2, 0.25) is 11.9 Å². The first kappa shape index (κ1) is 30.2. The van der Waals surface area contributed by atoms with Crippen molar-refractivity contribution in [2.45, 2.75) is 20.6 Å². The summed E-state index contributed by atoms with van der Waals surface area (Å²) in [5.41, 5.74) is 3.68. The van der Waals surface area contributed by atoms with E-state index in [4.69, 9.17) is 13.6 Å². The number of hydrogen-bond acceptors (Lipinski definition) is 9. The van der Waals surface area contributed by atoms with Gasteiger partial charge in [-0.05, 0) is 51.7 Å². The Labute approximate surface area is 237 Å². The smallest absolute Gasteiger partial charge is 0.321 e. The first-order valence-corrected chi connectivity index (χ1v) is 14.4. The van der Waals surface area contributed by atoms with Crippen molar-refractivity contribution < 1.29 is 27.3 Å². The lowest BCUT2D eigenvalue weighted by molar-refractivity contribution is -0.111. The number of nitrogens with zero attached hydrogens (tertiary/aromatic N) is 5. The standard InChI is InChI=1S/C28H32FN6O5P/c1-5-38-41(37,39-6-2)40-19-35-18-25(20-9-10-31-26(29)14-20)24-13-22(16-32-28(24)35)21-12-23(17-30-15-21)33-27(36)8-7-11-34(3)4/h7-10,12-18H,5-6,11,19H2,1-4H3,(H,33,36)/b8-7+. The number of phosphoric acid groups is 1. The van der Waals surface area contributed by atoms with E-state index in [0.29, 0.717) is 45.5 Å². The maximum absolute atomic E-state index is 14.1. The molecule has 4 heterocycles. The molecule has 0 aromatic carbocycles. The van der Waals surface area contributed by atoms with Gasteiger partial charge < -0.3 is 14.8 Å². The number of carbonyl (C=O) groups is 1. The summed E-state index contributed by atoms with van der Waals surface area (Å²) in [7, 11) is 0.0414. The van der Waals surface area contributed by atoms with Gasteiger partial charge in [-0.2, -0.15) is 4.39 Å². The number of aromatic nitrogens is 4. The third-order valence-corrected chi connectivity index (χ3v) is 7.34. The lowest BCUT2D eigenvalue weighted by atomic mass is 10.0. The zero-order valence-electron chi connectivity index (χ0n) is 23.3. The lowest BCUT2D eigenvalue weighted by Crippen LogP contribution is -2.13. The first-order chi connectivity index (χ1) is 19.7. The van der Waals surface area contributed by atoms with E-state index in [1.807, 2.05) is 25.1 Å². The van der Waals surface area contributed by atoms with Crippen LogP contribution in [0.25, 0.3) is 33.3 Å². The minimum Gasteiger partial charge on any atom is -0.321 e. The second-order valence-corrected chi connectivity index (χ2v) is 10.8. The van der Waals surface area contributed by atoms with Gasteiger partial charge in [0.25, 0.3) is 0 Å². The molecule has 1 amide bonds. The Hall–Kier alpha value is -3.80. The third-order valence-electron chi connectivity index (χ3n) is 5.76. The Balaban J connectivity index is 1.69. The largest absolute Gasteiger partial charge is 0.476 e. The van der Waals surface area contributed by atoms with Crippen molar-refractivity contribution in [2.75, 3.05) is 39.2 Å². The summed E-state index contributed by atoms with van der Waals surface area (Å²) in [5, 5.41) is 3.50. The van der Waals surface area contributed by atoms with Crippen LogP contribution in [-0.2, 0) is 29.7 Å². The van der Waals surface area contributed by atoms with E-state index < -0.39 is 13.8 Å². The molecule has 41 heavy (non-hydrogen) atoms. The molecule has 13 heteroatoms. The molecule has 4 rings (SSSR count). The topological polar surface area (TPSA) is 121 Å². The van der Waals surface area contributed by atoms with E-state index in [1.54, 1.807) is 61.4 Å². The molecule has 1 N–H and O–H groups in total. The van der Waals surface area contributed by atoms with Crippen molar-refractivity contribution in [1.29, 1.82) is 0 Å². The van der Waals surface area contributed by atoms with E-state index in [1.165, 1.54) is 18.3 Å². The van der Waals surface area contributed by atoms with Crippen molar-refractivity contribution in [2.24, 2.45) is 0 Å². The van der Waals surface area contributed by atoms with Crippen LogP contribution in [0.15, 0.2) is 67.4 Å². The molecule has 11 nitrogen and oxygen atoms in total. The van der Waals surface area contributed by atoms with E-state index in [0.717, 1.165) is 0 Å². The van der Waals surface area contributed by atoms with E-state index in [-0.39, 0.29) is 25.9 Å². The maximum Gasteiger partial charge on any atom is 0.476 e. The van der Waals surface area contributed by atoms with Crippen LogP contribution in [-0.4, -0.2) is 64.2 Å². The van der Waals surface area contributed by atoms with Gasteiger partial charge in [-0.3, -0.25) is 23.3 Å². The molecule has 0 unspecified atom stereocenters. The van der Waals surface area contributed by atoms with Gasteiger partial charge in [0, 0.05) is 65.6 Å². The maximum atomic E-state index is 14.1. The number of likely N-dealkylation sites (N-methyl/N-ethyl adjacent to an activating group) is 1. The fourth-order valence-electron chi connectivity index (χ4n) is 4.01. The molecule has 0 fully saturated rings. The summed E-state index contributed by atoms with van der Waals surface area (Å²) < 4.78 is 44.6. The predicted molar refractivity (Wildman–Crippen MR) is 154 cm³/mol. The quantitative estimate of drug-likeness (QED) is 0.124. The normalized spacial score (nSPS) is 12.0. The average Bonchev–Trinajstić information content (AvgIpc) is 3.30. The van der Waals surface area contributed by atoms with Crippen molar-refractivity contribution in [3.63, 3.8) is 0 Å². The lowest BCUT2D eigenvalue weighted by Gasteiger charge is -2.16. The number of carbonyl (C=O) groups excluding carboxylic acids is 1. The predicted octanol–water partition coefficient (Wildman–Crippen LogP) is 5.51. The molecule has 0 aliphatic rings. The number of hydrogen-bond donors (Lipinski definition) is 1. The molecule has 0 aliphatic heterocycles. The molecule has 0 spiro atoms. The first-order valence-electron chi connectivity index (χ1n) is 12.9. The number of amides is 1. The van der Waals surface area contributed by atoms with Crippen molar-refractivity contribution in [1.82, 2.24) is 24.4 Å². The van der Waals surface area contributed by atoms with Crippen LogP contribution < -0.4 is 5.32 Å². The zero-order chi connectivity index (χ0) is 29.4. The van der Waals surface area contributed by atoms with E-state index in [2.05, 4.69) is 20.3 Å². The fraction of sp³-hybridized carbons (Fsp3) is 0.286. The van der Waals surface area contributed by atoms with Crippen molar-refractivity contribution in [3.05, 3.63) is 73.3 Å². The Bertz CT molecular complexity index is 1580. The molecule has 0 atom stereocenters. The van der Waals surface area contributed by atoms with Crippen LogP contribution >= 0.6 is 7.82 Å². The highest BCUT2D eigenvalue weighted by molar-refractivity contribution is 7.48. The number of nitrogens with one attached hydrogen (secondary N) is 1. The highest BCUT2D eigenvalue weighted by Gasteiger charge is 2.26. The molecule has 216 valence electrons. The van der Waals surface area contributed by atoms with Crippen LogP contribution in [0.3, 0.4) is 0 Å². The molecule has 0 bridgehead atoms. The van der Waals surface area contributed by atoms with Gasteiger partial charge in [0.15, 0.2) is 0 Å². The van der Waals surface area contributed by atoms with E-state index in [9.17, 15) is 13.8 Å². The Morgan fingerprint density at radius 2 is 1.80 bits per heavy atom. The zero-order valence-corrected chi connectivity index (χ0v) is 24.2. The minimum absolute atomic E-state index is 0.146. The molecule has 4 aromatic heterocycles. The van der Waals surface area contributed by atoms with Gasteiger partial charge in [0.1, 0.15) is 12.4 Å². The molecular weight excluding hydrogens is 550 g/mol. The van der Waals surface area contributed by atoms with Crippen molar-refractivity contribution >= 4 is 30.5 Å². The van der Waals surface area contributed by atoms with Gasteiger partial charge >= 0.3 is 7.82 Å². The summed E-state index contributed by atoms with van der Waals surface area (Å²) in [4.78, 5) is 26.8.